The predicted octanol–water partition coefficient (Wildman–Crippen LogP) is 8.69. The highest BCUT2D eigenvalue weighted by atomic mass is 32.2. The van der Waals surface area contributed by atoms with Gasteiger partial charge in [0.2, 0.25) is 0 Å². The number of rotatable bonds is 8. The maximum atomic E-state index is 14.2. The van der Waals surface area contributed by atoms with Crippen molar-refractivity contribution in [3.8, 4) is 28.0 Å². The molecule has 0 atom stereocenters. The molecule has 54 heavy (non-hydrogen) atoms. The van der Waals surface area contributed by atoms with E-state index < -0.39 is 15.6 Å². The van der Waals surface area contributed by atoms with Gasteiger partial charge in [-0.2, -0.15) is 5.10 Å². The van der Waals surface area contributed by atoms with Gasteiger partial charge in [-0.15, -0.1) is 0 Å². The summed E-state index contributed by atoms with van der Waals surface area (Å²) >= 11 is 0. The molecule has 0 N–H and O–H groups in total. The van der Waals surface area contributed by atoms with Gasteiger partial charge >= 0.3 is 6.09 Å². The van der Waals surface area contributed by atoms with Gasteiger partial charge in [0.15, 0.2) is 5.65 Å². The second-order valence-electron chi connectivity index (χ2n) is 14.9. The predicted molar refractivity (Wildman–Crippen MR) is 207 cm³/mol. The van der Waals surface area contributed by atoms with Crippen LogP contribution in [-0.2, 0) is 21.3 Å². The number of fused-ring (bicyclic) bond motifs is 1. The van der Waals surface area contributed by atoms with Gasteiger partial charge in [-0.25, -0.2) is 26.6 Å². The molecular weight excluding hydrogens is 706 g/mol. The lowest BCUT2D eigenvalue weighted by atomic mass is 10.0. The number of hydrogen-bond donors (Lipinski definition) is 0. The summed E-state index contributed by atoms with van der Waals surface area (Å²) in [7, 11) is -4.03. The number of carbonyl (C=O) groups is 1. The lowest BCUT2D eigenvalue weighted by Crippen LogP contribution is -2.44. The normalized spacial score (nSPS) is 14.1. The van der Waals surface area contributed by atoms with E-state index in [9.17, 15) is 17.6 Å². The van der Waals surface area contributed by atoms with Gasteiger partial charge < -0.3 is 14.4 Å². The molecule has 1 fully saturated rings. The van der Waals surface area contributed by atoms with Crippen LogP contribution in [0.15, 0.2) is 96.2 Å². The maximum Gasteiger partial charge on any atom is 0.410 e. The molecule has 10 nitrogen and oxygen atoms in total. The zero-order valence-electron chi connectivity index (χ0n) is 31.3. The lowest BCUT2D eigenvalue weighted by molar-refractivity contribution is 0.0126. The molecular formula is C42H44FN5O5S. The van der Waals surface area contributed by atoms with Crippen molar-refractivity contribution in [1.29, 1.82) is 0 Å². The number of aryl methyl sites for hydroxylation is 2. The zero-order valence-corrected chi connectivity index (χ0v) is 32.2. The Morgan fingerprint density at radius 1 is 0.926 bits per heavy atom. The van der Waals surface area contributed by atoms with Crippen LogP contribution in [-0.4, -0.2) is 62.9 Å². The summed E-state index contributed by atoms with van der Waals surface area (Å²) in [5, 5.41) is 5.44. The van der Waals surface area contributed by atoms with Gasteiger partial charge in [0.1, 0.15) is 23.3 Å². The molecule has 0 unspecified atom stereocenters. The third-order valence-electron chi connectivity index (χ3n) is 9.63. The summed E-state index contributed by atoms with van der Waals surface area (Å²) in [5.41, 5.74) is 6.03. The standard InChI is InChI=1S/C42H44FN5O5S/c1-27-13-15-36(16-14-27)54(50,51)48-26-38(39-28(2)45-47(29(39)3)25-30-9-7-11-33(43)21-30)37-23-32(24-44-40(37)48)31-10-8-12-35(22-31)52-34-17-19-46(20-18-34)41(49)53-42(4,5)6/h7-16,21-24,26,34H,17-20,25H2,1-6H3. The first-order chi connectivity index (χ1) is 25.7. The zero-order chi connectivity index (χ0) is 38.4. The maximum absolute atomic E-state index is 14.2. The smallest absolute Gasteiger partial charge is 0.410 e. The van der Waals surface area contributed by atoms with E-state index >= 15 is 0 Å². The van der Waals surface area contributed by atoms with Gasteiger partial charge in [0.05, 0.1) is 17.1 Å². The minimum atomic E-state index is -4.03. The molecule has 0 radical (unpaired) electrons. The van der Waals surface area contributed by atoms with Crippen LogP contribution in [0.1, 0.15) is 56.1 Å². The number of nitrogens with zero attached hydrogens (tertiary/aromatic N) is 5. The molecule has 7 rings (SSSR count). The Balaban J connectivity index is 1.24. The third kappa shape index (κ3) is 7.61. The van der Waals surface area contributed by atoms with E-state index in [1.165, 1.54) is 16.1 Å². The molecule has 12 heteroatoms. The number of ether oxygens (including phenoxy) is 2. The van der Waals surface area contributed by atoms with E-state index in [4.69, 9.17) is 19.6 Å². The number of likely N-dealkylation sites (tertiary alicyclic amines) is 1. The minimum absolute atomic E-state index is 0.0676. The van der Waals surface area contributed by atoms with E-state index in [1.807, 2.05) is 82.6 Å². The molecule has 1 aliphatic heterocycles. The Bertz CT molecular complexity index is 2460. The van der Waals surface area contributed by atoms with Crippen molar-refractivity contribution in [2.24, 2.45) is 0 Å². The summed E-state index contributed by atoms with van der Waals surface area (Å²) in [6.07, 6.45) is 4.28. The van der Waals surface area contributed by atoms with E-state index in [0.717, 1.165) is 33.5 Å². The number of amides is 1. The second-order valence-corrected chi connectivity index (χ2v) is 16.7. The number of halogens is 1. The van der Waals surface area contributed by atoms with Crippen molar-refractivity contribution in [3.05, 3.63) is 120 Å². The fourth-order valence-corrected chi connectivity index (χ4v) is 8.24. The van der Waals surface area contributed by atoms with Crippen LogP contribution in [0.3, 0.4) is 0 Å². The van der Waals surface area contributed by atoms with Crippen molar-refractivity contribution in [3.63, 3.8) is 0 Å². The van der Waals surface area contributed by atoms with Crippen LogP contribution in [0, 0.1) is 26.6 Å². The van der Waals surface area contributed by atoms with Gasteiger partial charge in [0.25, 0.3) is 10.0 Å². The largest absolute Gasteiger partial charge is 0.490 e. The van der Waals surface area contributed by atoms with E-state index in [1.54, 1.807) is 47.6 Å². The molecule has 6 aromatic rings. The molecule has 0 spiro atoms. The van der Waals surface area contributed by atoms with Crippen molar-refractivity contribution in [2.75, 3.05) is 13.1 Å². The Labute approximate surface area is 315 Å². The molecule has 0 bridgehead atoms. The topological polar surface area (TPSA) is 109 Å². The summed E-state index contributed by atoms with van der Waals surface area (Å²) < 4.78 is 57.4. The van der Waals surface area contributed by atoms with E-state index in [-0.39, 0.29) is 28.6 Å². The Morgan fingerprint density at radius 3 is 2.35 bits per heavy atom. The molecule has 1 aliphatic rings. The first kappa shape index (κ1) is 36.9. The van der Waals surface area contributed by atoms with Crippen molar-refractivity contribution in [1.82, 2.24) is 23.6 Å². The molecule has 4 heterocycles. The van der Waals surface area contributed by atoms with Crippen molar-refractivity contribution >= 4 is 27.1 Å². The van der Waals surface area contributed by atoms with Crippen LogP contribution >= 0.6 is 0 Å². The average Bonchev–Trinajstić information content (AvgIpc) is 3.63. The van der Waals surface area contributed by atoms with Crippen LogP contribution in [0.2, 0.25) is 0 Å². The summed E-state index contributed by atoms with van der Waals surface area (Å²) in [6.45, 7) is 12.7. The number of pyridine rings is 1. The summed E-state index contributed by atoms with van der Waals surface area (Å²) in [4.78, 5) is 19.2. The molecule has 0 saturated carbocycles. The summed E-state index contributed by atoms with van der Waals surface area (Å²) in [5.74, 6) is 0.365. The SMILES string of the molecule is Cc1ccc(S(=O)(=O)n2cc(-c3c(C)nn(Cc4cccc(F)c4)c3C)c3cc(-c4cccc(OC5CCN(C(=O)OC(C)(C)C)CC5)c4)cnc32)cc1. The van der Waals surface area contributed by atoms with Crippen molar-refractivity contribution < 1.29 is 27.1 Å². The number of hydrogen-bond acceptors (Lipinski definition) is 7. The number of aromatic nitrogens is 4. The summed E-state index contributed by atoms with van der Waals surface area (Å²) in [6, 6.07) is 22.9. The highest BCUT2D eigenvalue weighted by Crippen LogP contribution is 2.38. The molecule has 3 aromatic heterocycles. The molecule has 0 aliphatic carbocycles. The second kappa shape index (κ2) is 14.4. The lowest BCUT2D eigenvalue weighted by Gasteiger charge is -2.33. The minimum Gasteiger partial charge on any atom is -0.490 e. The third-order valence-corrected chi connectivity index (χ3v) is 11.3. The Morgan fingerprint density at radius 2 is 1.65 bits per heavy atom. The first-order valence-corrected chi connectivity index (χ1v) is 19.5. The van der Waals surface area contributed by atoms with Crippen LogP contribution in [0.4, 0.5) is 9.18 Å². The highest BCUT2D eigenvalue weighted by molar-refractivity contribution is 7.90. The number of benzene rings is 3. The van der Waals surface area contributed by atoms with Crippen LogP contribution in [0.25, 0.3) is 33.3 Å². The highest BCUT2D eigenvalue weighted by Gasteiger charge is 2.29. The molecule has 280 valence electrons. The van der Waals surface area contributed by atoms with Gasteiger partial charge in [-0.05, 0) is 95.1 Å². The fraction of sp³-hybridized carbons (Fsp3) is 0.310. The monoisotopic (exact) mass is 749 g/mol. The quantitative estimate of drug-likeness (QED) is 0.153. The Hall–Kier alpha value is -5.49. The van der Waals surface area contributed by atoms with E-state index in [0.29, 0.717) is 54.9 Å². The van der Waals surface area contributed by atoms with Gasteiger partial charge in [0, 0.05) is 66.1 Å². The Kier molecular flexibility index (Phi) is 9.82. The number of carbonyl (C=O) groups excluding carboxylic acids is 1. The molecule has 1 amide bonds. The first-order valence-electron chi connectivity index (χ1n) is 18.0. The average molecular weight is 750 g/mol. The van der Waals surface area contributed by atoms with E-state index in [2.05, 4.69) is 0 Å². The van der Waals surface area contributed by atoms with Crippen molar-refractivity contribution in [2.45, 2.75) is 77.5 Å². The van der Waals surface area contributed by atoms with Gasteiger partial charge in [-0.1, -0.05) is 42.0 Å². The fourth-order valence-electron chi connectivity index (χ4n) is 6.92. The molecule has 1 saturated heterocycles. The molecule has 3 aromatic carbocycles. The van der Waals surface area contributed by atoms with Gasteiger partial charge in [-0.3, -0.25) is 4.68 Å². The van der Waals surface area contributed by atoms with Crippen LogP contribution < -0.4 is 4.74 Å². The van der Waals surface area contributed by atoms with Crippen LogP contribution in [0.5, 0.6) is 5.75 Å². The number of piperidine rings is 1.